The number of rotatable bonds is 5. The van der Waals surface area contributed by atoms with Gasteiger partial charge in [0.05, 0.1) is 29.5 Å². The van der Waals surface area contributed by atoms with Gasteiger partial charge in [-0.1, -0.05) is 5.92 Å². The van der Waals surface area contributed by atoms with Crippen LogP contribution >= 0.6 is 34.8 Å². The minimum absolute atomic E-state index is 0.392. The number of thiocarbonyl (C=S) groups is 1. The lowest BCUT2D eigenvalue weighted by Crippen LogP contribution is -2.26. The van der Waals surface area contributed by atoms with E-state index in [1.54, 1.807) is 31.6 Å². The number of halogens is 1. The largest absolute Gasteiger partial charge is 0.389 e. The van der Waals surface area contributed by atoms with E-state index in [1.807, 2.05) is 17.0 Å². The van der Waals surface area contributed by atoms with E-state index in [-0.39, 0.29) is 0 Å². The average Bonchev–Trinajstić information content (AvgIpc) is 3.46. The Morgan fingerprint density at radius 3 is 2.74 bits per heavy atom. The molecule has 0 atom stereocenters. The smallest absolute Gasteiger partial charge is 0.163 e. The van der Waals surface area contributed by atoms with Crippen LogP contribution in [-0.2, 0) is 6.54 Å². The number of aryl methyl sites for hydroxylation is 1. The summed E-state index contributed by atoms with van der Waals surface area (Å²) in [6.45, 7) is 7.84. The molecular formula is C24H25IN4OS. The highest BCUT2D eigenvalue weighted by atomic mass is 127. The van der Waals surface area contributed by atoms with E-state index < -0.39 is 5.60 Å². The topological polar surface area (TPSA) is 54.2 Å². The molecule has 0 spiro atoms. The molecule has 2 aromatic heterocycles. The zero-order valence-electron chi connectivity index (χ0n) is 18.1. The van der Waals surface area contributed by atoms with Crippen molar-refractivity contribution in [3.8, 4) is 11.8 Å². The van der Waals surface area contributed by atoms with Crippen molar-refractivity contribution >= 4 is 62.3 Å². The molecule has 1 N–H and O–H groups in total. The lowest BCUT2D eigenvalue weighted by atomic mass is 10.0. The van der Waals surface area contributed by atoms with Gasteiger partial charge in [-0.15, -0.1) is 0 Å². The Hall–Kier alpha value is -2.02. The van der Waals surface area contributed by atoms with E-state index in [4.69, 9.17) is 17.2 Å². The van der Waals surface area contributed by atoms with Gasteiger partial charge in [0.2, 0.25) is 0 Å². The second kappa shape index (κ2) is 8.49. The van der Waals surface area contributed by atoms with E-state index in [0.29, 0.717) is 17.5 Å². The molecule has 0 radical (unpaired) electrons. The molecule has 31 heavy (non-hydrogen) atoms. The van der Waals surface area contributed by atoms with Gasteiger partial charge in [0.25, 0.3) is 0 Å². The molecule has 7 heteroatoms. The van der Waals surface area contributed by atoms with Crippen LogP contribution in [0.5, 0.6) is 0 Å². The Morgan fingerprint density at radius 2 is 2.10 bits per heavy atom. The van der Waals surface area contributed by atoms with Crippen LogP contribution in [0.2, 0.25) is 0 Å². The summed E-state index contributed by atoms with van der Waals surface area (Å²) in [6.07, 6.45) is 4.13. The number of fused-ring (bicyclic) bond motifs is 1. The first-order valence-corrected chi connectivity index (χ1v) is 11.8. The first-order valence-electron chi connectivity index (χ1n) is 10.3. The van der Waals surface area contributed by atoms with Crippen LogP contribution in [0.15, 0.2) is 30.5 Å². The lowest BCUT2D eigenvalue weighted by molar-refractivity contribution is 0.0591. The predicted molar refractivity (Wildman–Crippen MR) is 138 cm³/mol. The number of nitrogens with zero attached hydrogens (tertiary/aromatic N) is 4. The Labute approximate surface area is 202 Å². The number of aliphatic hydroxyl groups is 1. The van der Waals surface area contributed by atoms with Gasteiger partial charge in [-0.3, -0.25) is 9.58 Å². The normalized spacial score (nSPS) is 13.7. The van der Waals surface area contributed by atoms with Crippen molar-refractivity contribution in [2.45, 2.75) is 58.6 Å². The molecule has 5 nitrogen and oxygen atoms in total. The molecule has 1 saturated carbocycles. The monoisotopic (exact) mass is 544 g/mol. The summed E-state index contributed by atoms with van der Waals surface area (Å²) in [5.41, 5.74) is 4.34. The van der Waals surface area contributed by atoms with Crippen LogP contribution in [0.3, 0.4) is 0 Å². The molecule has 160 valence electrons. The summed E-state index contributed by atoms with van der Waals surface area (Å²) in [5.74, 6) is 7.28. The fourth-order valence-electron chi connectivity index (χ4n) is 3.67. The number of pyridine rings is 1. The molecule has 2 heterocycles. The van der Waals surface area contributed by atoms with E-state index >= 15 is 0 Å². The molecule has 0 amide bonds. The molecule has 0 aliphatic heterocycles. The summed E-state index contributed by atoms with van der Waals surface area (Å²) in [7, 11) is 0. The zero-order chi connectivity index (χ0) is 22.3. The van der Waals surface area contributed by atoms with Gasteiger partial charge in [-0.2, -0.15) is 5.10 Å². The zero-order valence-corrected chi connectivity index (χ0v) is 21.1. The van der Waals surface area contributed by atoms with Crippen LogP contribution in [0.25, 0.3) is 11.0 Å². The van der Waals surface area contributed by atoms with Crippen molar-refractivity contribution in [2.24, 2.45) is 0 Å². The summed E-state index contributed by atoms with van der Waals surface area (Å²) in [4.78, 5) is 7.41. The summed E-state index contributed by atoms with van der Waals surface area (Å²) < 4.78 is 3.04. The van der Waals surface area contributed by atoms with Crippen molar-refractivity contribution in [3.63, 3.8) is 0 Å². The van der Waals surface area contributed by atoms with Crippen LogP contribution in [-0.4, -0.2) is 30.5 Å². The molecule has 0 unspecified atom stereocenters. The number of benzene rings is 1. The Kier molecular flexibility index (Phi) is 6.08. The van der Waals surface area contributed by atoms with Crippen molar-refractivity contribution in [1.29, 1.82) is 0 Å². The molecule has 0 saturated heterocycles. The molecule has 1 aliphatic rings. The quantitative estimate of drug-likeness (QED) is 0.262. The summed E-state index contributed by atoms with van der Waals surface area (Å²) in [6, 6.07) is 8.42. The SMILES string of the molecule is CC#CC(=S)N(c1ccc2c(cnn2CC(C)(C)O)n1)c1cc(C)c(I)cc1C1CC1. The maximum atomic E-state index is 10.2. The molecule has 1 aromatic carbocycles. The molecule has 4 rings (SSSR count). The number of hydrogen-bond donors (Lipinski definition) is 1. The first-order chi connectivity index (χ1) is 14.7. The minimum atomic E-state index is -0.861. The van der Waals surface area contributed by atoms with Gasteiger partial charge in [-0.05, 0) is 123 Å². The van der Waals surface area contributed by atoms with Crippen LogP contribution in [0.4, 0.5) is 11.5 Å². The molecule has 3 aromatic rings. The molecule has 1 fully saturated rings. The predicted octanol–water partition coefficient (Wildman–Crippen LogP) is 5.48. The summed E-state index contributed by atoms with van der Waals surface area (Å²) in [5, 5.41) is 14.6. The van der Waals surface area contributed by atoms with E-state index in [0.717, 1.165) is 22.5 Å². The van der Waals surface area contributed by atoms with Crippen LogP contribution in [0.1, 0.15) is 50.7 Å². The van der Waals surface area contributed by atoms with E-state index in [2.05, 4.69) is 58.6 Å². The lowest BCUT2D eigenvalue weighted by Gasteiger charge is -2.26. The van der Waals surface area contributed by atoms with Gasteiger partial charge < -0.3 is 5.11 Å². The Morgan fingerprint density at radius 1 is 1.35 bits per heavy atom. The first kappa shape index (κ1) is 22.2. The standard InChI is InChI=1S/C24H25IN4OS/c1-5-6-23(31)29(21-11-15(2)18(25)12-17(21)16-7-8-16)22-10-9-20-19(27-22)13-26-28(20)14-24(3,4)30/h9-13,16,30H,7-8,14H2,1-4H3. The number of anilines is 2. The maximum Gasteiger partial charge on any atom is 0.163 e. The molecule has 1 aliphatic carbocycles. The fourth-order valence-corrected chi connectivity index (χ4v) is 4.46. The van der Waals surface area contributed by atoms with E-state index in [1.165, 1.54) is 27.5 Å². The van der Waals surface area contributed by atoms with Crippen LogP contribution < -0.4 is 4.90 Å². The highest BCUT2D eigenvalue weighted by Crippen LogP contribution is 2.46. The summed E-state index contributed by atoms with van der Waals surface area (Å²) >= 11 is 8.14. The fraction of sp³-hybridized carbons (Fsp3) is 0.375. The van der Waals surface area contributed by atoms with Gasteiger partial charge in [0.15, 0.2) is 4.99 Å². The Bertz CT molecular complexity index is 1230. The van der Waals surface area contributed by atoms with Gasteiger partial charge in [-0.25, -0.2) is 4.98 Å². The number of hydrogen-bond acceptors (Lipinski definition) is 4. The second-order valence-corrected chi connectivity index (χ2v) is 10.2. The number of aromatic nitrogens is 3. The third-order valence-corrected chi connectivity index (χ3v) is 6.70. The highest BCUT2D eigenvalue weighted by molar-refractivity contribution is 14.1. The van der Waals surface area contributed by atoms with Gasteiger partial charge >= 0.3 is 0 Å². The van der Waals surface area contributed by atoms with Crippen LogP contribution in [0, 0.1) is 22.3 Å². The minimum Gasteiger partial charge on any atom is -0.389 e. The van der Waals surface area contributed by atoms with Crippen molar-refractivity contribution < 1.29 is 5.11 Å². The van der Waals surface area contributed by atoms with Gasteiger partial charge in [0.1, 0.15) is 11.3 Å². The maximum absolute atomic E-state index is 10.2. The second-order valence-electron chi connectivity index (χ2n) is 8.64. The van der Waals surface area contributed by atoms with Crippen molar-refractivity contribution in [1.82, 2.24) is 14.8 Å². The highest BCUT2D eigenvalue weighted by Gasteiger charge is 2.30. The average molecular weight is 544 g/mol. The van der Waals surface area contributed by atoms with E-state index in [9.17, 15) is 5.11 Å². The molecular weight excluding hydrogens is 519 g/mol. The third-order valence-electron chi connectivity index (χ3n) is 5.25. The molecule has 0 bridgehead atoms. The third kappa shape index (κ3) is 4.76. The van der Waals surface area contributed by atoms with Crippen molar-refractivity contribution in [3.05, 3.63) is 45.2 Å². The van der Waals surface area contributed by atoms with Crippen molar-refractivity contribution in [2.75, 3.05) is 4.90 Å². The van der Waals surface area contributed by atoms with Gasteiger partial charge in [0, 0.05) is 3.57 Å². The Balaban J connectivity index is 1.85.